The van der Waals surface area contributed by atoms with Gasteiger partial charge in [0.1, 0.15) is 16.4 Å². The number of benzene rings is 3. The molecule has 0 saturated carbocycles. The third-order valence-electron chi connectivity index (χ3n) is 5.01. The van der Waals surface area contributed by atoms with Crippen LogP contribution in [0.25, 0.3) is 0 Å². The van der Waals surface area contributed by atoms with Crippen molar-refractivity contribution in [2.75, 3.05) is 10.2 Å². The lowest BCUT2D eigenvalue weighted by atomic mass is 10.0. The lowest BCUT2D eigenvalue weighted by molar-refractivity contribution is -0.120. The Balaban J connectivity index is 1.72. The summed E-state index contributed by atoms with van der Waals surface area (Å²) >= 11 is 7.10. The summed E-state index contributed by atoms with van der Waals surface area (Å²) in [4.78, 5) is 28.9. The molecule has 3 aromatic carbocycles. The number of anilines is 2. The van der Waals surface area contributed by atoms with Gasteiger partial charge in [0.15, 0.2) is 0 Å². The van der Waals surface area contributed by atoms with E-state index in [0.29, 0.717) is 17.3 Å². The van der Waals surface area contributed by atoms with Crippen LogP contribution in [0.1, 0.15) is 25.3 Å². The van der Waals surface area contributed by atoms with Crippen LogP contribution in [0.4, 0.5) is 15.8 Å². The zero-order chi connectivity index (χ0) is 22.8. The summed E-state index contributed by atoms with van der Waals surface area (Å²) in [5, 5.41) is 2.91. The fourth-order valence-electron chi connectivity index (χ4n) is 3.28. The molecule has 2 amide bonds. The Morgan fingerprint density at radius 1 is 0.938 bits per heavy atom. The zero-order valence-corrected chi connectivity index (χ0v) is 19.0. The van der Waals surface area contributed by atoms with Crippen LogP contribution >= 0.6 is 23.4 Å². The number of carbonyl (C=O) groups is 2. The predicted molar refractivity (Wildman–Crippen MR) is 127 cm³/mol. The molecule has 0 aliphatic carbocycles. The van der Waals surface area contributed by atoms with E-state index in [4.69, 9.17) is 11.6 Å². The van der Waals surface area contributed by atoms with Gasteiger partial charge in [-0.25, -0.2) is 9.29 Å². The van der Waals surface area contributed by atoms with Crippen molar-refractivity contribution in [2.45, 2.75) is 24.7 Å². The number of imide groups is 1. The fourth-order valence-corrected chi connectivity index (χ4v) is 4.41. The van der Waals surface area contributed by atoms with Gasteiger partial charge in [-0.15, -0.1) is 0 Å². The number of rotatable bonds is 6. The van der Waals surface area contributed by atoms with Gasteiger partial charge in [-0.05, 0) is 53.9 Å². The number of hydrogen-bond acceptors (Lipinski definition) is 4. The van der Waals surface area contributed by atoms with Crippen molar-refractivity contribution < 1.29 is 14.0 Å². The molecule has 0 saturated heterocycles. The molecule has 0 radical (unpaired) electrons. The molecule has 0 bridgehead atoms. The molecular weight excluding hydrogens is 447 g/mol. The number of nitrogens with zero attached hydrogens (tertiary/aromatic N) is 1. The van der Waals surface area contributed by atoms with Gasteiger partial charge in [0.25, 0.3) is 11.8 Å². The van der Waals surface area contributed by atoms with Crippen LogP contribution in [-0.4, -0.2) is 11.8 Å². The molecule has 1 aliphatic rings. The average molecular weight is 467 g/mol. The highest BCUT2D eigenvalue weighted by molar-refractivity contribution is 8.04. The first kappa shape index (κ1) is 22.1. The Morgan fingerprint density at radius 2 is 1.62 bits per heavy atom. The number of nitrogens with one attached hydrogen (secondary N) is 1. The lowest BCUT2D eigenvalue weighted by Gasteiger charge is -2.16. The van der Waals surface area contributed by atoms with E-state index in [0.717, 1.165) is 15.4 Å². The number of carbonyl (C=O) groups excluding carboxylic acids is 2. The first-order chi connectivity index (χ1) is 15.3. The molecule has 1 aliphatic heterocycles. The summed E-state index contributed by atoms with van der Waals surface area (Å²) in [7, 11) is 0. The Bertz CT molecular complexity index is 1210. The predicted octanol–water partition coefficient (Wildman–Crippen LogP) is 6.59. The van der Waals surface area contributed by atoms with Gasteiger partial charge < -0.3 is 5.32 Å². The quantitative estimate of drug-likeness (QED) is 0.416. The Kier molecular flexibility index (Phi) is 6.35. The van der Waals surface area contributed by atoms with Gasteiger partial charge in [0.05, 0.1) is 10.7 Å². The maximum atomic E-state index is 13.6. The van der Waals surface area contributed by atoms with Crippen LogP contribution in [-0.2, 0) is 9.59 Å². The van der Waals surface area contributed by atoms with E-state index in [2.05, 4.69) is 19.2 Å². The molecule has 0 unspecified atom stereocenters. The highest BCUT2D eigenvalue weighted by atomic mass is 35.5. The van der Waals surface area contributed by atoms with Crippen molar-refractivity contribution in [3.05, 3.63) is 99.8 Å². The molecular formula is C25H20ClFN2O2S. The van der Waals surface area contributed by atoms with E-state index < -0.39 is 17.6 Å². The number of thioether (sulfide) groups is 1. The summed E-state index contributed by atoms with van der Waals surface area (Å²) < 4.78 is 13.6. The van der Waals surface area contributed by atoms with Gasteiger partial charge in [0, 0.05) is 10.6 Å². The van der Waals surface area contributed by atoms with Crippen molar-refractivity contribution in [3.8, 4) is 0 Å². The number of hydrogen-bond donors (Lipinski definition) is 1. The van der Waals surface area contributed by atoms with E-state index in [1.165, 1.54) is 30.0 Å². The second-order valence-electron chi connectivity index (χ2n) is 7.57. The first-order valence-electron chi connectivity index (χ1n) is 10.0. The lowest BCUT2D eigenvalue weighted by Crippen LogP contribution is -2.32. The van der Waals surface area contributed by atoms with Crippen LogP contribution in [0.2, 0.25) is 5.02 Å². The summed E-state index contributed by atoms with van der Waals surface area (Å²) in [6, 6.07) is 20.7. The standard InChI is InChI=1S/C25H20ClFN2O2S/c1-15(2)16-8-11-18(12-9-16)29-24(30)22(28-17-10-13-21(27)20(26)14-17)23(25(29)31)32-19-6-4-3-5-7-19/h3-15,28H,1-2H3. The van der Waals surface area contributed by atoms with E-state index in [9.17, 15) is 14.0 Å². The third kappa shape index (κ3) is 4.42. The molecule has 162 valence electrons. The molecule has 1 heterocycles. The number of amides is 2. The maximum absolute atomic E-state index is 13.6. The minimum absolute atomic E-state index is 0.0780. The minimum Gasteiger partial charge on any atom is -0.350 e. The van der Waals surface area contributed by atoms with Crippen LogP contribution in [0.5, 0.6) is 0 Å². The molecule has 4 nitrogen and oxygen atoms in total. The van der Waals surface area contributed by atoms with Crippen LogP contribution in [0.15, 0.2) is 88.3 Å². The summed E-state index contributed by atoms with van der Waals surface area (Å²) in [6.07, 6.45) is 0. The number of halogens is 2. The second-order valence-corrected chi connectivity index (χ2v) is 9.06. The van der Waals surface area contributed by atoms with Crippen molar-refractivity contribution in [1.29, 1.82) is 0 Å². The van der Waals surface area contributed by atoms with Crippen molar-refractivity contribution in [2.24, 2.45) is 0 Å². The second kappa shape index (κ2) is 9.18. The molecule has 0 atom stereocenters. The minimum atomic E-state index is -0.564. The van der Waals surface area contributed by atoms with E-state index in [-0.39, 0.29) is 15.6 Å². The SMILES string of the molecule is CC(C)c1ccc(N2C(=O)C(Nc3ccc(F)c(Cl)c3)=C(Sc3ccccc3)C2=O)cc1. The Labute approximate surface area is 195 Å². The van der Waals surface area contributed by atoms with Gasteiger partial charge in [-0.3, -0.25) is 9.59 Å². The summed E-state index contributed by atoms with van der Waals surface area (Å²) in [5.41, 5.74) is 2.14. The first-order valence-corrected chi connectivity index (χ1v) is 11.2. The smallest absolute Gasteiger partial charge is 0.283 e. The molecule has 7 heteroatoms. The zero-order valence-electron chi connectivity index (χ0n) is 17.4. The maximum Gasteiger partial charge on any atom is 0.283 e. The molecule has 0 aromatic heterocycles. The van der Waals surface area contributed by atoms with Gasteiger partial charge >= 0.3 is 0 Å². The largest absolute Gasteiger partial charge is 0.350 e. The van der Waals surface area contributed by atoms with Crippen molar-refractivity contribution in [1.82, 2.24) is 0 Å². The summed E-state index contributed by atoms with van der Waals surface area (Å²) in [6.45, 7) is 4.15. The van der Waals surface area contributed by atoms with Crippen molar-refractivity contribution >= 4 is 46.6 Å². The van der Waals surface area contributed by atoms with Gasteiger partial charge in [-0.1, -0.05) is 67.5 Å². The topological polar surface area (TPSA) is 49.4 Å². The molecule has 0 fully saturated rings. The average Bonchev–Trinajstić information content (AvgIpc) is 3.01. The van der Waals surface area contributed by atoms with E-state index >= 15 is 0 Å². The van der Waals surface area contributed by atoms with Crippen molar-refractivity contribution in [3.63, 3.8) is 0 Å². The summed E-state index contributed by atoms with van der Waals surface area (Å²) in [5.74, 6) is -1.13. The molecule has 4 rings (SSSR count). The molecule has 1 N–H and O–H groups in total. The highest BCUT2D eigenvalue weighted by Crippen LogP contribution is 2.38. The van der Waals surface area contributed by atoms with Gasteiger partial charge in [-0.2, -0.15) is 0 Å². The molecule has 0 spiro atoms. The molecule has 3 aromatic rings. The van der Waals surface area contributed by atoms with Crippen LogP contribution < -0.4 is 10.2 Å². The monoisotopic (exact) mass is 466 g/mol. The van der Waals surface area contributed by atoms with Crippen LogP contribution in [0.3, 0.4) is 0 Å². The highest BCUT2D eigenvalue weighted by Gasteiger charge is 2.40. The Morgan fingerprint density at radius 3 is 2.25 bits per heavy atom. The van der Waals surface area contributed by atoms with E-state index in [1.807, 2.05) is 42.5 Å². The molecule has 32 heavy (non-hydrogen) atoms. The Hall–Kier alpha value is -3.09. The third-order valence-corrected chi connectivity index (χ3v) is 6.39. The van der Waals surface area contributed by atoms with Gasteiger partial charge in [0.2, 0.25) is 0 Å². The van der Waals surface area contributed by atoms with E-state index in [1.54, 1.807) is 12.1 Å². The van der Waals surface area contributed by atoms with Crippen LogP contribution in [0, 0.1) is 5.82 Å². The normalized spacial score (nSPS) is 14.0. The fraction of sp³-hybridized carbons (Fsp3) is 0.120.